The summed E-state index contributed by atoms with van der Waals surface area (Å²) in [6, 6.07) is 15.2. The van der Waals surface area contributed by atoms with Gasteiger partial charge in [-0.05, 0) is 67.1 Å². The maximum Gasteiger partial charge on any atom is 0.343 e. The smallest absolute Gasteiger partial charge is 0.343 e. The Morgan fingerprint density at radius 3 is 2.19 bits per heavy atom. The van der Waals surface area contributed by atoms with E-state index in [2.05, 4.69) is 19.1 Å². The molecule has 0 amide bonds. The lowest BCUT2D eigenvalue weighted by Crippen LogP contribution is -2.09. The monoisotopic (exact) mass is 436 g/mol. The van der Waals surface area contributed by atoms with Crippen molar-refractivity contribution in [1.29, 1.82) is 0 Å². The molecule has 0 heterocycles. The second-order valence-electron chi connectivity index (χ2n) is 9.22. The summed E-state index contributed by atoms with van der Waals surface area (Å²) in [5.74, 6) is 1.96. The maximum atomic E-state index is 12.5. The molecule has 3 nitrogen and oxygen atoms in total. The molecular weight excluding hydrogens is 396 g/mol. The summed E-state index contributed by atoms with van der Waals surface area (Å²) in [5, 5.41) is 0. The number of hydrogen-bond donors (Lipinski definition) is 0. The molecule has 2 aromatic rings. The van der Waals surface area contributed by atoms with E-state index in [9.17, 15) is 4.79 Å². The first kappa shape index (κ1) is 24.4. The zero-order valence-electron chi connectivity index (χ0n) is 19.8. The minimum absolute atomic E-state index is 0.331. The van der Waals surface area contributed by atoms with Crippen LogP contribution in [0.2, 0.25) is 0 Å². The van der Waals surface area contributed by atoms with Gasteiger partial charge in [0.25, 0.3) is 0 Å². The van der Waals surface area contributed by atoms with Gasteiger partial charge in [0.15, 0.2) is 0 Å². The Hall–Kier alpha value is -2.29. The van der Waals surface area contributed by atoms with Gasteiger partial charge < -0.3 is 9.47 Å². The highest BCUT2D eigenvalue weighted by molar-refractivity contribution is 5.91. The van der Waals surface area contributed by atoms with E-state index in [1.54, 1.807) is 12.1 Å². The van der Waals surface area contributed by atoms with Crippen molar-refractivity contribution >= 4 is 5.97 Å². The third kappa shape index (κ3) is 8.68. The second-order valence-corrected chi connectivity index (χ2v) is 9.22. The van der Waals surface area contributed by atoms with Crippen molar-refractivity contribution in [3.63, 3.8) is 0 Å². The minimum Gasteiger partial charge on any atom is -0.494 e. The summed E-state index contributed by atoms with van der Waals surface area (Å²) in [6.45, 7) is 2.96. The molecule has 1 saturated carbocycles. The number of aryl methyl sites for hydroxylation is 1. The van der Waals surface area contributed by atoms with Crippen molar-refractivity contribution in [2.75, 3.05) is 6.61 Å². The number of unbranched alkanes of at least 4 members (excludes halogenated alkanes) is 5. The fourth-order valence-corrected chi connectivity index (χ4v) is 4.50. The van der Waals surface area contributed by atoms with Crippen LogP contribution in [0.5, 0.6) is 11.5 Å². The van der Waals surface area contributed by atoms with E-state index in [4.69, 9.17) is 9.47 Å². The van der Waals surface area contributed by atoms with Gasteiger partial charge in [-0.2, -0.15) is 0 Å². The summed E-state index contributed by atoms with van der Waals surface area (Å²) in [7, 11) is 0. The van der Waals surface area contributed by atoms with Crippen molar-refractivity contribution in [1.82, 2.24) is 0 Å². The maximum absolute atomic E-state index is 12.5. The highest BCUT2D eigenvalue weighted by atomic mass is 16.5. The first-order chi connectivity index (χ1) is 15.7. The molecule has 1 aliphatic rings. The van der Waals surface area contributed by atoms with Gasteiger partial charge in [-0.3, -0.25) is 0 Å². The van der Waals surface area contributed by atoms with E-state index in [1.807, 2.05) is 24.3 Å². The van der Waals surface area contributed by atoms with Crippen molar-refractivity contribution in [3.05, 3.63) is 59.7 Å². The average molecular weight is 437 g/mol. The van der Waals surface area contributed by atoms with E-state index < -0.39 is 0 Å². The summed E-state index contributed by atoms with van der Waals surface area (Å²) in [5.41, 5.74) is 1.86. The van der Waals surface area contributed by atoms with E-state index in [0.717, 1.165) is 31.1 Å². The second kappa shape index (κ2) is 14.0. The highest BCUT2D eigenvalue weighted by Gasteiger charge is 2.13. The fraction of sp³-hybridized carbons (Fsp3) is 0.552. The molecule has 2 aromatic carbocycles. The Morgan fingerprint density at radius 2 is 1.47 bits per heavy atom. The first-order valence-corrected chi connectivity index (χ1v) is 12.8. The van der Waals surface area contributed by atoms with Gasteiger partial charge in [0.1, 0.15) is 11.5 Å². The molecular formula is C29H40O3. The first-order valence-electron chi connectivity index (χ1n) is 12.8. The number of carbonyl (C=O) groups excluding carboxylic acids is 1. The average Bonchev–Trinajstić information content (AvgIpc) is 2.84. The standard InChI is InChI=1S/C29H40O3/c1-2-3-4-5-6-10-23-31-27-21-17-26(18-22-27)29(30)32-28-19-15-25(16-20-28)14-13-24-11-8-7-9-12-24/h15-22,24H,2-14,23H2,1H3. The number of esters is 1. The number of carbonyl (C=O) groups is 1. The van der Waals surface area contributed by atoms with Gasteiger partial charge in [0, 0.05) is 0 Å². The van der Waals surface area contributed by atoms with Crippen molar-refractivity contribution in [3.8, 4) is 11.5 Å². The molecule has 0 spiro atoms. The Kier molecular flexibility index (Phi) is 10.6. The minimum atomic E-state index is -0.331. The normalized spacial score (nSPS) is 14.3. The quantitative estimate of drug-likeness (QED) is 0.180. The van der Waals surface area contributed by atoms with Crippen molar-refractivity contribution < 1.29 is 14.3 Å². The lowest BCUT2D eigenvalue weighted by Gasteiger charge is -2.21. The summed E-state index contributed by atoms with van der Waals surface area (Å²) >= 11 is 0. The zero-order valence-corrected chi connectivity index (χ0v) is 19.8. The van der Waals surface area contributed by atoms with Crippen LogP contribution in [0.1, 0.15) is 99.9 Å². The van der Waals surface area contributed by atoms with Crippen molar-refractivity contribution in [2.24, 2.45) is 5.92 Å². The molecule has 0 saturated heterocycles. The van der Waals surface area contributed by atoms with Gasteiger partial charge in [-0.1, -0.05) is 83.3 Å². The van der Waals surface area contributed by atoms with E-state index in [1.165, 1.54) is 76.2 Å². The Balaban J connectivity index is 1.37. The Bertz CT molecular complexity index is 773. The van der Waals surface area contributed by atoms with Crippen LogP contribution < -0.4 is 9.47 Å². The highest BCUT2D eigenvalue weighted by Crippen LogP contribution is 2.28. The van der Waals surface area contributed by atoms with Crippen LogP contribution in [0.15, 0.2) is 48.5 Å². The molecule has 0 aromatic heterocycles. The molecule has 0 radical (unpaired) electrons. The van der Waals surface area contributed by atoms with Crippen LogP contribution in [-0.4, -0.2) is 12.6 Å². The molecule has 0 aliphatic heterocycles. The molecule has 0 N–H and O–H groups in total. The van der Waals surface area contributed by atoms with E-state index >= 15 is 0 Å². The zero-order chi connectivity index (χ0) is 22.4. The fourth-order valence-electron chi connectivity index (χ4n) is 4.50. The SMILES string of the molecule is CCCCCCCCOc1ccc(C(=O)Oc2ccc(CCC3CCCCC3)cc2)cc1. The van der Waals surface area contributed by atoms with Gasteiger partial charge >= 0.3 is 5.97 Å². The number of benzene rings is 2. The summed E-state index contributed by atoms with van der Waals surface area (Å²) < 4.78 is 11.3. The molecule has 1 aliphatic carbocycles. The van der Waals surface area contributed by atoms with E-state index in [-0.39, 0.29) is 5.97 Å². The van der Waals surface area contributed by atoms with Crippen LogP contribution >= 0.6 is 0 Å². The predicted octanol–water partition coefficient (Wildman–Crippen LogP) is 8.16. The number of rotatable bonds is 13. The third-order valence-corrected chi connectivity index (χ3v) is 6.56. The van der Waals surface area contributed by atoms with Crippen LogP contribution in [0, 0.1) is 5.92 Å². The lowest BCUT2D eigenvalue weighted by atomic mass is 9.85. The molecule has 32 heavy (non-hydrogen) atoms. The third-order valence-electron chi connectivity index (χ3n) is 6.56. The Labute approximate surface area is 194 Å². The number of ether oxygens (including phenoxy) is 2. The Morgan fingerprint density at radius 1 is 0.812 bits per heavy atom. The topological polar surface area (TPSA) is 35.5 Å². The lowest BCUT2D eigenvalue weighted by molar-refractivity contribution is 0.0734. The molecule has 0 unspecified atom stereocenters. The molecule has 3 heteroatoms. The molecule has 3 rings (SSSR count). The van der Waals surface area contributed by atoms with Crippen LogP contribution in [0.3, 0.4) is 0 Å². The van der Waals surface area contributed by atoms with Crippen LogP contribution in [0.25, 0.3) is 0 Å². The molecule has 174 valence electrons. The van der Waals surface area contributed by atoms with Gasteiger partial charge in [-0.15, -0.1) is 0 Å². The van der Waals surface area contributed by atoms with Gasteiger partial charge in [0.2, 0.25) is 0 Å². The van der Waals surface area contributed by atoms with Gasteiger partial charge in [0.05, 0.1) is 12.2 Å². The summed E-state index contributed by atoms with van der Waals surface area (Å²) in [6.07, 6.45) is 16.8. The van der Waals surface area contributed by atoms with Crippen LogP contribution in [0.4, 0.5) is 0 Å². The molecule has 0 bridgehead atoms. The van der Waals surface area contributed by atoms with Gasteiger partial charge in [-0.25, -0.2) is 4.79 Å². The van der Waals surface area contributed by atoms with E-state index in [0.29, 0.717) is 11.3 Å². The number of hydrogen-bond acceptors (Lipinski definition) is 3. The van der Waals surface area contributed by atoms with Crippen LogP contribution in [-0.2, 0) is 6.42 Å². The largest absolute Gasteiger partial charge is 0.494 e. The van der Waals surface area contributed by atoms with Crippen molar-refractivity contribution in [2.45, 2.75) is 90.4 Å². The predicted molar refractivity (Wildman–Crippen MR) is 132 cm³/mol. The molecule has 0 atom stereocenters. The molecule has 1 fully saturated rings. The summed E-state index contributed by atoms with van der Waals surface area (Å²) in [4.78, 5) is 12.5.